The number of para-hydroxylation sites is 1. The number of nitrogens with zero attached hydrogens (tertiary/aromatic N) is 2. The van der Waals surface area contributed by atoms with E-state index in [2.05, 4.69) is 103 Å². The van der Waals surface area contributed by atoms with Crippen molar-refractivity contribution in [3.05, 3.63) is 71.9 Å². The second-order valence-electron chi connectivity index (χ2n) is 13.4. The number of rotatable bonds is 26. The summed E-state index contributed by atoms with van der Waals surface area (Å²) in [7, 11) is 0. The molecule has 0 amide bonds. The summed E-state index contributed by atoms with van der Waals surface area (Å²) in [5, 5.41) is 1.34. The molecule has 3 rings (SSSR count). The molecular weight excluding hydrogens is 671 g/mol. The monoisotopic (exact) mass is 738 g/mol. The van der Waals surface area contributed by atoms with E-state index in [0.717, 1.165) is 19.6 Å². The minimum atomic E-state index is 0. The van der Waals surface area contributed by atoms with E-state index in [1.807, 2.05) is 0 Å². The van der Waals surface area contributed by atoms with Gasteiger partial charge in [0, 0.05) is 37.3 Å². The van der Waals surface area contributed by atoms with Gasteiger partial charge in [-0.3, -0.25) is 0 Å². The van der Waals surface area contributed by atoms with Gasteiger partial charge in [0.15, 0.2) is 6.20 Å². The molecule has 2 nitrogen and oxygen atoms in total. The summed E-state index contributed by atoms with van der Waals surface area (Å²) in [4.78, 5) is 2.56. The lowest BCUT2D eigenvalue weighted by molar-refractivity contribution is -0.671. The molecule has 2 aromatic carbocycles. The zero-order valence-electron chi connectivity index (χ0n) is 30.0. The first-order valence-electron chi connectivity index (χ1n) is 19.2. The Labute approximate surface area is 301 Å². The van der Waals surface area contributed by atoms with E-state index in [-0.39, 0.29) is 24.0 Å². The van der Waals surface area contributed by atoms with Gasteiger partial charge in [-0.15, -0.1) is 0 Å². The second-order valence-corrected chi connectivity index (χ2v) is 13.4. The Morgan fingerprint density at radius 3 is 1.57 bits per heavy atom. The molecule has 0 aliphatic rings. The lowest BCUT2D eigenvalue weighted by Gasteiger charge is -2.24. The Balaban J connectivity index is 0.00000736. The van der Waals surface area contributed by atoms with Crippen LogP contribution in [0.2, 0.25) is 0 Å². The molecule has 0 aliphatic carbocycles. The summed E-state index contributed by atoms with van der Waals surface area (Å²) in [5.41, 5.74) is 5.26. The van der Waals surface area contributed by atoms with Crippen LogP contribution >= 0.6 is 0 Å². The van der Waals surface area contributed by atoms with Gasteiger partial charge in [-0.25, -0.2) is 0 Å². The highest BCUT2D eigenvalue weighted by Gasteiger charge is 2.11. The van der Waals surface area contributed by atoms with Crippen LogP contribution in [-0.2, 0) is 6.54 Å². The van der Waals surface area contributed by atoms with Crippen LogP contribution in [0.25, 0.3) is 23.1 Å². The molecule has 46 heavy (non-hydrogen) atoms. The average Bonchev–Trinajstić information content (AvgIpc) is 3.08. The van der Waals surface area contributed by atoms with Crippen LogP contribution < -0.4 is 33.4 Å². The van der Waals surface area contributed by atoms with Crippen LogP contribution in [0.3, 0.4) is 0 Å². The van der Waals surface area contributed by atoms with Gasteiger partial charge in [-0.2, -0.15) is 4.57 Å². The van der Waals surface area contributed by atoms with Gasteiger partial charge in [0.25, 0.3) is 0 Å². The molecule has 0 radical (unpaired) electrons. The van der Waals surface area contributed by atoms with Crippen molar-refractivity contribution in [1.82, 2.24) is 0 Å². The topological polar surface area (TPSA) is 7.12 Å². The molecule has 3 heteroatoms. The molecule has 0 N–H and O–H groups in total. The first-order valence-corrected chi connectivity index (χ1v) is 19.2. The SMILES string of the molecule is CCCCCCCCCCCCCCCCCC[n+]1ccc(/C=C/c2ccc(N(CCCC)CCCC)cc2)c2ccccc21.[I-]. The first-order chi connectivity index (χ1) is 22.3. The summed E-state index contributed by atoms with van der Waals surface area (Å²) in [6, 6.07) is 20.4. The third-order valence-corrected chi connectivity index (χ3v) is 9.49. The number of hydrogen-bond donors (Lipinski definition) is 0. The minimum Gasteiger partial charge on any atom is -1.00 e. The maximum Gasteiger partial charge on any atom is 0.213 e. The van der Waals surface area contributed by atoms with E-state index in [1.54, 1.807) is 0 Å². The predicted octanol–water partition coefficient (Wildman–Crippen LogP) is 9.97. The minimum absolute atomic E-state index is 0. The Morgan fingerprint density at radius 1 is 0.522 bits per heavy atom. The lowest BCUT2D eigenvalue weighted by Crippen LogP contribution is -3.00. The number of pyridine rings is 1. The number of aryl methyl sites for hydroxylation is 1. The Hall–Kier alpha value is -1.88. The van der Waals surface area contributed by atoms with Gasteiger partial charge in [0.1, 0.15) is 6.54 Å². The molecule has 0 bridgehead atoms. The summed E-state index contributed by atoms with van der Waals surface area (Å²) in [6.07, 6.45) is 34.5. The van der Waals surface area contributed by atoms with Crippen molar-refractivity contribution < 1.29 is 28.5 Å². The van der Waals surface area contributed by atoms with Crippen LogP contribution in [0.4, 0.5) is 5.69 Å². The number of benzene rings is 2. The first kappa shape index (κ1) is 40.3. The molecule has 0 fully saturated rings. The molecule has 0 unspecified atom stereocenters. The molecular formula is C43H67IN2. The molecule has 0 saturated carbocycles. The molecule has 256 valence electrons. The summed E-state index contributed by atoms with van der Waals surface area (Å²) >= 11 is 0. The number of halogens is 1. The van der Waals surface area contributed by atoms with Gasteiger partial charge in [0.05, 0.1) is 5.39 Å². The highest BCUT2D eigenvalue weighted by atomic mass is 127. The fourth-order valence-corrected chi connectivity index (χ4v) is 6.53. The number of aromatic nitrogens is 1. The fraction of sp³-hybridized carbons (Fsp3) is 0.605. The number of fused-ring (bicyclic) bond motifs is 1. The summed E-state index contributed by atoms with van der Waals surface area (Å²) in [5.74, 6) is 0. The Kier molecular flexibility index (Phi) is 22.9. The van der Waals surface area contributed by atoms with Crippen molar-refractivity contribution >= 4 is 28.7 Å². The fourth-order valence-electron chi connectivity index (χ4n) is 6.53. The molecule has 0 saturated heterocycles. The maximum atomic E-state index is 2.56. The lowest BCUT2D eigenvalue weighted by atomic mass is 10.0. The van der Waals surface area contributed by atoms with Crippen molar-refractivity contribution in [3.8, 4) is 0 Å². The highest BCUT2D eigenvalue weighted by Crippen LogP contribution is 2.21. The van der Waals surface area contributed by atoms with Crippen LogP contribution in [-0.4, -0.2) is 13.1 Å². The summed E-state index contributed by atoms with van der Waals surface area (Å²) in [6.45, 7) is 10.3. The third-order valence-electron chi connectivity index (χ3n) is 9.49. The van der Waals surface area contributed by atoms with Crippen molar-refractivity contribution in [3.63, 3.8) is 0 Å². The average molecular weight is 739 g/mol. The molecule has 1 heterocycles. The molecule has 3 aromatic rings. The van der Waals surface area contributed by atoms with E-state index >= 15 is 0 Å². The zero-order chi connectivity index (χ0) is 31.8. The van der Waals surface area contributed by atoms with Crippen LogP contribution in [0, 0.1) is 0 Å². The van der Waals surface area contributed by atoms with E-state index in [0.29, 0.717) is 0 Å². The van der Waals surface area contributed by atoms with Crippen molar-refractivity contribution in [1.29, 1.82) is 0 Å². The van der Waals surface area contributed by atoms with Gasteiger partial charge in [0.2, 0.25) is 5.52 Å². The van der Waals surface area contributed by atoms with Crippen LogP contribution in [0.1, 0.15) is 160 Å². The van der Waals surface area contributed by atoms with Gasteiger partial charge < -0.3 is 28.9 Å². The van der Waals surface area contributed by atoms with Crippen molar-refractivity contribution in [2.45, 2.75) is 156 Å². The normalized spacial score (nSPS) is 11.4. The van der Waals surface area contributed by atoms with Crippen molar-refractivity contribution in [2.24, 2.45) is 0 Å². The number of unbranched alkanes of at least 4 members (excludes halogenated alkanes) is 17. The van der Waals surface area contributed by atoms with E-state index in [1.165, 1.54) is 156 Å². The van der Waals surface area contributed by atoms with E-state index < -0.39 is 0 Å². The van der Waals surface area contributed by atoms with Gasteiger partial charge in [-0.1, -0.05) is 160 Å². The van der Waals surface area contributed by atoms with Crippen molar-refractivity contribution in [2.75, 3.05) is 18.0 Å². The zero-order valence-corrected chi connectivity index (χ0v) is 32.1. The van der Waals surface area contributed by atoms with Gasteiger partial charge >= 0.3 is 0 Å². The predicted molar refractivity (Wildman–Crippen MR) is 201 cm³/mol. The second kappa shape index (κ2) is 26.1. The molecule has 0 atom stereocenters. The third kappa shape index (κ3) is 15.8. The van der Waals surface area contributed by atoms with Crippen LogP contribution in [0.15, 0.2) is 60.8 Å². The molecule has 1 aromatic heterocycles. The standard InChI is InChI=1S/C43H67N2.HI/c1-4-7-10-11-12-13-14-15-16-17-18-19-20-21-22-25-37-45-38-34-40(42-26-23-24-27-43(42)45)31-28-39-29-32-41(33-30-39)44(35-8-5-2)36-9-6-3;/h23-24,26-34,38H,4-22,25,35-37H2,1-3H3;1H/q+1;/p-1. The summed E-state index contributed by atoms with van der Waals surface area (Å²) < 4.78 is 2.46. The number of anilines is 1. The smallest absolute Gasteiger partial charge is 0.213 e. The molecule has 0 aliphatic heterocycles. The Morgan fingerprint density at radius 2 is 1.02 bits per heavy atom. The van der Waals surface area contributed by atoms with Crippen LogP contribution in [0.5, 0.6) is 0 Å². The quantitative estimate of drug-likeness (QED) is 0.0452. The Bertz CT molecular complexity index is 1180. The van der Waals surface area contributed by atoms with E-state index in [4.69, 9.17) is 0 Å². The van der Waals surface area contributed by atoms with E-state index in [9.17, 15) is 0 Å². The highest BCUT2D eigenvalue weighted by molar-refractivity contribution is 5.88. The van der Waals surface area contributed by atoms with Gasteiger partial charge in [-0.05, 0) is 48.6 Å². The maximum absolute atomic E-state index is 2.56. The largest absolute Gasteiger partial charge is 1.00 e. The molecule has 0 spiro atoms. The number of hydrogen-bond acceptors (Lipinski definition) is 1.